The Morgan fingerprint density at radius 1 is 1.30 bits per heavy atom. The van der Waals surface area contributed by atoms with Crippen molar-refractivity contribution in [2.24, 2.45) is 5.92 Å². The highest BCUT2D eigenvalue weighted by Crippen LogP contribution is 2.27. The van der Waals surface area contributed by atoms with E-state index in [4.69, 9.17) is 11.6 Å². The summed E-state index contributed by atoms with van der Waals surface area (Å²) in [5.41, 5.74) is 1.54. The molecule has 1 heterocycles. The molecule has 3 nitrogen and oxygen atoms in total. The Morgan fingerprint density at radius 2 is 2.15 bits per heavy atom. The van der Waals surface area contributed by atoms with Crippen LogP contribution in [0.2, 0.25) is 0 Å². The summed E-state index contributed by atoms with van der Waals surface area (Å²) in [6.07, 6.45) is 4.95. The van der Waals surface area contributed by atoms with Gasteiger partial charge in [-0.15, -0.1) is 11.6 Å². The van der Waals surface area contributed by atoms with Crippen LogP contribution < -0.4 is 5.32 Å². The molecule has 1 saturated carbocycles. The molecule has 0 spiro atoms. The molecule has 1 fully saturated rings. The van der Waals surface area contributed by atoms with Crippen LogP contribution in [0.3, 0.4) is 0 Å². The number of carbonyl (C=O) groups is 1. The molecule has 3 rings (SSSR count). The standard InChI is InChI=1S/C16H17ClN2O/c17-10-11-4-3-7-14(11)19-16(20)13-8-9-18-15-6-2-1-5-12(13)15/h1-2,5-6,8-9,11,14H,3-4,7,10H2,(H,19,20). The summed E-state index contributed by atoms with van der Waals surface area (Å²) in [6, 6.07) is 9.69. The van der Waals surface area contributed by atoms with E-state index in [1.165, 1.54) is 0 Å². The molecule has 2 aromatic rings. The minimum atomic E-state index is -0.0226. The van der Waals surface area contributed by atoms with Gasteiger partial charge in [-0.2, -0.15) is 0 Å². The van der Waals surface area contributed by atoms with Crippen LogP contribution in [0.1, 0.15) is 29.6 Å². The van der Waals surface area contributed by atoms with Gasteiger partial charge in [-0.3, -0.25) is 9.78 Å². The van der Waals surface area contributed by atoms with Crippen LogP contribution in [0.5, 0.6) is 0 Å². The molecule has 1 N–H and O–H groups in total. The normalized spacial score (nSPS) is 22.1. The Hall–Kier alpha value is -1.61. The molecule has 0 saturated heterocycles. The van der Waals surface area contributed by atoms with Gasteiger partial charge in [-0.1, -0.05) is 24.6 Å². The van der Waals surface area contributed by atoms with Gasteiger partial charge in [0.1, 0.15) is 0 Å². The lowest BCUT2D eigenvalue weighted by molar-refractivity contribution is 0.0931. The number of aromatic nitrogens is 1. The average molecular weight is 289 g/mol. The zero-order chi connectivity index (χ0) is 13.9. The molecule has 1 aromatic carbocycles. The van der Waals surface area contributed by atoms with Gasteiger partial charge in [0, 0.05) is 23.5 Å². The molecule has 20 heavy (non-hydrogen) atoms. The number of hydrogen-bond donors (Lipinski definition) is 1. The molecule has 4 heteroatoms. The van der Waals surface area contributed by atoms with Crippen molar-refractivity contribution in [3.8, 4) is 0 Å². The van der Waals surface area contributed by atoms with Crippen molar-refractivity contribution in [2.45, 2.75) is 25.3 Å². The molecule has 1 aliphatic rings. The molecule has 0 bridgehead atoms. The maximum Gasteiger partial charge on any atom is 0.252 e. The van der Waals surface area contributed by atoms with E-state index in [9.17, 15) is 4.79 Å². The van der Waals surface area contributed by atoms with Crippen LogP contribution in [0.4, 0.5) is 0 Å². The van der Waals surface area contributed by atoms with Crippen molar-refractivity contribution in [2.75, 3.05) is 5.88 Å². The number of rotatable bonds is 3. The van der Waals surface area contributed by atoms with E-state index in [2.05, 4.69) is 10.3 Å². The van der Waals surface area contributed by atoms with Crippen LogP contribution in [-0.2, 0) is 0 Å². The number of amides is 1. The van der Waals surface area contributed by atoms with E-state index >= 15 is 0 Å². The highest BCUT2D eigenvalue weighted by atomic mass is 35.5. The third-order valence-corrected chi connectivity index (χ3v) is 4.46. The van der Waals surface area contributed by atoms with Gasteiger partial charge in [0.05, 0.1) is 11.1 Å². The molecular weight excluding hydrogens is 272 g/mol. The summed E-state index contributed by atoms with van der Waals surface area (Å²) in [6.45, 7) is 0. The predicted octanol–water partition coefficient (Wildman–Crippen LogP) is 3.37. The lowest BCUT2D eigenvalue weighted by Crippen LogP contribution is -2.38. The Kier molecular flexibility index (Phi) is 3.88. The molecule has 104 valence electrons. The number of alkyl halides is 1. The smallest absolute Gasteiger partial charge is 0.252 e. The Morgan fingerprint density at radius 3 is 3.00 bits per heavy atom. The largest absolute Gasteiger partial charge is 0.349 e. The summed E-state index contributed by atoms with van der Waals surface area (Å²) in [5.74, 6) is 0.988. The molecule has 0 radical (unpaired) electrons. The molecule has 1 aromatic heterocycles. The van der Waals surface area contributed by atoms with E-state index in [0.717, 1.165) is 30.2 Å². The third-order valence-electron chi connectivity index (χ3n) is 4.07. The Labute approximate surface area is 123 Å². The van der Waals surface area contributed by atoms with E-state index in [-0.39, 0.29) is 11.9 Å². The number of para-hydroxylation sites is 1. The van der Waals surface area contributed by atoms with Crippen molar-refractivity contribution in [3.05, 3.63) is 42.1 Å². The summed E-state index contributed by atoms with van der Waals surface area (Å²) in [7, 11) is 0. The number of fused-ring (bicyclic) bond motifs is 1. The highest BCUT2D eigenvalue weighted by molar-refractivity contribution is 6.18. The molecular formula is C16H17ClN2O. The van der Waals surface area contributed by atoms with Crippen molar-refractivity contribution >= 4 is 28.4 Å². The van der Waals surface area contributed by atoms with Crippen LogP contribution in [0.25, 0.3) is 10.9 Å². The molecule has 2 atom stereocenters. The fourth-order valence-electron chi connectivity index (χ4n) is 2.95. The number of hydrogen-bond acceptors (Lipinski definition) is 2. The van der Waals surface area contributed by atoms with E-state index in [1.54, 1.807) is 12.3 Å². The first-order valence-corrected chi connectivity index (χ1v) is 7.53. The van der Waals surface area contributed by atoms with Gasteiger partial charge in [-0.05, 0) is 30.9 Å². The SMILES string of the molecule is O=C(NC1CCCC1CCl)c1ccnc2ccccc12. The lowest BCUT2D eigenvalue weighted by atomic mass is 10.0. The summed E-state index contributed by atoms with van der Waals surface area (Å²) >= 11 is 5.97. The number of halogens is 1. The van der Waals surface area contributed by atoms with Gasteiger partial charge in [-0.25, -0.2) is 0 Å². The first kappa shape index (κ1) is 13.4. The fraction of sp³-hybridized carbons (Fsp3) is 0.375. The van der Waals surface area contributed by atoms with Crippen LogP contribution in [0.15, 0.2) is 36.5 Å². The predicted molar refractivity (Wildman–Crippen MR) is 81.1 cm³/mol. The summed E-state index contributed by atoms with van der Waals surface area (Å²) < 4.78 is 0. The molecule has 0 aliphatic heterocycles. The number of nitrogens with one attached hydrogen (secondary N) is 1. The summed E-state index contributed by atoms with van der Waals surface area (Å²) in [5, 5.41) is 4.03. The third kappa shape index (κ3) is 2.50. The first-order chi connectivity index (χ1) is 9.79. The van der Waals surface area contributed by atoms with E-state index < -0.39 is 0 Å². The molecule has 1 aliphatic carbocycles. The quantitative estimate of drug-likeness (QED) is 0.880. The molecule has 1 amide bonds. The van der Waals surface area contributed by atoms with Crippen molar-refractivity contribution in [1.29, 1.82) is 0 Å². The monoisotopic (exact) mass is 288 g/mol. The Balaban J connectivity index is 1.86. The van der Waals surface area contributed by atoms with Gasteiger partial charge >= 0.3 is 0 Å². The van der Waals surface area contributed by atoms with E-state index in [1.807, 2.05) is 24.3 Å². The summed E-state index contributed by atoms with van der Waals surface area (Å²) in [4.78, 5) is 16.8. The fourth-order valence-corrected chi connectivity index (χ4v) is 3.32. The second kappa shape index (κ2) is 5.80. The van der Waals surface area contributed by atoms with Gasteiger partial charge in [0.25, 0.3) is 5.91 Å². The van der Waals surface area contributed by atoms with Gasteiger partial charge in [0.2, 0.25) is 0 Å². The first-order valence-electron chi connectivity index (χ1n) is 7.00. The van der Waals surface area contributed by atoms with Crippen LogP contribution in [0, 0.1) is 5.92 Å². The second-order valence-corrected chi connectivity index (χ2v) is 5.61. The molecule has 2 unspecified atom stereocenters. The topological polar surface area (TPSA) is 42.0 Å². The van der Waals surface area contributed by atoms with Crippen molar-refractivity contribution in [1.82, 2.24) is 10.3 Å². The minimum absolute atomic E-state index is 0.0226. The highest BCUT2D eigenvalue weighted by Gasteiger charge is 2.28. The number of carbonyl (C=O) groups excluding carboxylic acids is 1. The second-order valence-electron chi connectivity index (χ2n) is 5.30. The van der Waals surface area contributed by atoms with Gasteiger partial charge in [0.15, 0.2) is 0 Å². The minimum Gasteiger partial charge on any atom is -0.349 e. The van der Waals surface area contributed by atoms with Crippen molar-refractivity contribution in [3.63, 3.8) is 0 Å². The average Bonchev–Trinajstić information content (AvgIpc) is 2.93. The van der Waals surface area contributed by atoms with Crippen molar-refractivity contribution < 1.29 is 4.79 Å². The maximum atomic E-state index is 12.5. The van der Waals surface area contributed by atoms with E-state index in [0.29, 0.717) is 17.4 Å². The zero-order valence-electron chi connectivity index (χ0n) is 11.2. The van der Waals surface area contributed by atoms with Crippen LogP contribution >= 0.6 is 11.6 Å². The van der Waals surface area contributed by atoms with Gasteiger partial charge < -0.3 is 5.32 Å². The maximum absolute atomic E-state index is 12.5. The zero-order valence-corrected chi connectivity index (χ0v) is 11.9. The lowest BCUT2D eigenvalue weighted by Gasteiger charge is -2.19. The van der Waals surface area contributed by atoms with Crippen LogP contribution in [-0.4, -0.2) is 22.8 Å². The number of benzene rings is 1. The number of nitrogens with zero attached hydrogens (tertiary/aromatic N) is 1. The number of pyridine rings is 1. The Bertz CT molecular complexity index is 623.